The average Bonchev–Trinajstić information content (AvgIpc) is 2.44. The number of aliphatic carboxylic acids is 1. The van der Waals surface area contributed by atoms with E-state index >= 15 is 0 Å². The van der Waals surface area contributed by atoms with Crippen LogP contribution in [-0.4, -0.2) is 31.1 Å². The molecule has 0 aliphatic heterocycles. The Bertz CT molecular complexity index is 437. The van der Waals surface area contributed by atoms with Crippen LogP contribution in [0.3, 0.4) is 0 Å². The van der Waals surface area contributed by atoms with E-state index in [4.69, 9.17) is 9.47 Å². The minimum absolute atomic E-state index is 0. The Morgan fingerprint density at radius 2 is 1.30 bits per heavy atom. The van der Waals surface area contributed by atoms with Crippen molar-refractivity contribution in [2.75, 3.05) is 13.2 Å². The van der Waals surface area contributed by atoms with Crippen molar-refractivity contribution in [3.05, 3.63) is 24.3 Å². The molecule has 0 aromatic rings. The SMILES string of the molecule is C=C(C)C(=O)OCCC(CC)(CCOC(=O)C(=C)C)C(=O)[O-].[K+]. The number of hydrogen-bond acceptors (Lipinski definition) is 6. The van der Waals surface area contributed by atoms with Crippen LogP contribution in [0.1, 0.15) is 40.0 Å². The minimum atomic E-state index is -1.26. The van der Waals surface area contributed by atoms with Crippen LogP contribution in [-0.2, 0) is 23.9 Å². The zero-order valence-corrected chi connectivity index (χ0v) is 17.5. The van der Waals surface area contributed by atoms with Gasteiger partial charge >= 0.3 is 63.3 Å². The fourth-order valence-electron chi connectivity index (χ4n) is 1.75. The predicted molar refractivity (Wildman–Crippen MR) is 78.5 cm³/mol. The van der Waals surface area contributed by atoms with Gasteiger partial charge in [0.05, 0.1) is 13.2 Å². The summed E-state index contributed by atoms with van der Waals surface area (Å²) in [6.45, 7) is 11.5. The Kier molecular flexibility index (Phi) is 12.9. The molecule has 0 N–H and O–H groups in total. The van der Waals surface area contributed by atoms with Crippen LogP contribution in [0, 0.1) is 5.41 Å². The van der Waals surface area contributed by atoms with Gasteiger partial charge in [0.1, 0.15) is 0 Å². The van der Waals surface area contributed by atoms with E-state index in [0.29, 0.717) is 0 Å². The molecule has 0 spiro atoms. The third-order valence-electron chi connectivity index (χ3n) is 3.43. The van der Waals surface area contributed by atoms with E-state index in [1.165, 1.54) is 13.8 Å². The van der Waals surface area contributed by atoms with Crippen molar-refractivity contribution in [1.29, 1.82) is 0 Å². The summed E-state index contributed by atoms with van der Waals surface area (Å²) < 4.78 is 9.85. The molecule has 0 saturated carbocycles. The van der Waals surface area contributed by atoms with Gasteiger partial charge in [-0.05, 0) is 33.1 Å². The summed E-state index contributed by atoms with van der Waals surface area (Å²) in [6.07, 6.45) is 0.426. The maximum Gasteiger partial charge on any atom is 1.00 e. The van der Waals surface area contributed by atoms with Crippen LogP contribution in [0.2, 0.25) is 0 Å². The zero-order chi connectivity index (χ0) is 17.3. The van der Waals surface area contributed by atoms with Crippen LogP contribution in [0.15, 0.2) is 24.3 Å². The molecule has 0 unspecified atom stereocenters. The maximum absolute atomic E-state index is 11.4. The van der Waals surface area contributed by atoms with Gasteiger partial charge < -0.3 is 19.4 Å². The van der Waals surface area contributed by atoms with Gasteiger partial charge in [0, 0.05) is 22.5 Å². The number of rotatable bonds is 10. The molecule has 23 heavy (non-hydrogen) atoms. The van der Waals surface area contributed by atoms with Crippen LogP contribution in [0.5, 0.6) is 0 Å². The molecule has 7 heteroatoms. The first-order chi connectivity index (χ1) is 10.2. The fraction of sp³-hybridized carbons (Fsp3) is 0.562. The van der Waals surface area contributed by atoms with Gasteiger partial charge in [-0.25, -0.2) is 9.59 Å². The number of hydrogen-bond donors (Lipinski definition) is 0. The van der Waals surface area contributed by atoms with Crippen molar-refractivity contribution in [3.8, 4) is 0 Å². The number of carboxylic acid groups (broad SMARTS) is 1. The number of carbonyl (C=O) groups excluding carboxylic acids is 3. The second-order valence-electron chi connectivity index (χ2n) is 5.25. The quantitative estimate of drug-likeness (QED) is 0.261. The van der Waals surface area contributed by atoms with Gasteiger partial charge in [-0.1, -0.05) is 20.1 Å². The van der Waals surface area contributed by atoms with E-state index in [0.717, 1.165) is 0 Å². The predicted octanol–water partition coefficient (Wildman–Crippen LogP) is -1.84. The van der Waals surface area contributed by atoms with E-state index in [9.17, 15) is 19.5 Å². The van der Waals surface area contributed by atoms with Crippen molar-refractivity contribution in [2.24, 2.45) is 5.41 Å². The first-order valence-corrected chi connectivity index (χ1v) is 7.03. The second kappa shape index (κ2) is 12.0. The molecule has 0 bridgehead atoms. The Labute approximate surface area is 179 Å². The van der Waals surface area contributed by atoms with Crippen LogP contribution in [0.4, 0.5) is 0 Å². The molecule has 0 saturated heterocycles. The number of ether oxygens (including phenoxy) is 2. The normalized spacial score (nSPS) is 10.2. The van der Waals surface area contributed by atoms with Gasteiger partial charge in [-0.2, -0.15) is 0 Å². The minimum Gasteiger partial charge on any atom is -0.550 e. The Hall–Kier alpha value is -0.474. The Morgan fingerprint density at radius 3 is 1.52 bits per heavy atom. The molecule has 0 heterocycles. The monoisotopic (exact) mass is 350 g/mol. The summed E-state index contributed by atoms with van der Waals surface area (Å²) in [7, 11) is 0. The molecule has 6 nitrogen and oxygen atoms in total. The van der Waals surface area contributed by atoms with Crippen molar-refractivity contribution in [2.45, 2.75) is 40.0 Å². The topological polar surface area (TPSA) is 92.7 Å². The summed E-state index contributed by atoms with van der Waals surface area (Å²) in [4.78, 5) is 34.0. The first kappa shape index (κ1) is 24.8. The largest absolute Gasteiger partial charge is 1.00 e. The van der Waals surface area contributed by atoms with Crippen LogP contribution >= 0.6 is 0 Å². The van der Waals surface area contributed by atoms with Gasteiger partial charge in [0.2, 0.25) is 0 Å². The zero-order valence-electron chi connectivity index (χ0n) is 14.4. The molecule has 0 radical (unpaired) electrons. The Balaban J connectivity index is 0. The summed E-state index contributed by atoms with van der Waals surface area (Å²) >= 11 is 0. The second-order valence-corrected chi connectivity index (χ2v) is 5.25. The summed E-state index contributed by atoms with van der Waals surface area (Å²) in [6, 6.07) is 0. The summed E-state index contributed by atoms with van der Waals surface area (Å²) in [5, 5.41) is 11.4. The number of carbonyl (C=O) groups is 3. The van der Waals surface area contributed by atoms with Gasteiger partial charge in [0.25, 0.3) is 0 Å². The first-order valence-electron chi connectivity index (χ1n) is 7.03. The van der Waals surface area contributed by atoms with Crippen molar-refractivity contribution in [1.82, 2.24) is 0 Å². The Morgan fingerprint density at radius 1 is 0.957 bits per heavy atom. The van der Waals surface area contributed by atoms with E-state index in [1.54, 1.807) is 6.92 Å². The third-order valence-corrected chi connectivity index (χ3v) is 3.43. The fourth-order valence-corrected chi connectivity index (χ4v) is 1.75. The maximum atomic E-state index is 11.4. The van der Waals surface area contributed by atoms with Gasteiger partial charge in [-0.15, -0.1) is 0 Å². The molecular weight excluding hydrogens is 327 g/mol. The van der Waals surface area contributed by atoms with Gasteiger partial charge in [0.15, 0.2) is 0 Å². The molecule has 0 aromatic heterocycles. The standard InChI is InChI=1S/C16H24O6.K/c1-6-16(15(19)20,7-9-21-13(17)11(2)3)8-10-22-14(18)12(4)5;/h2,4,6-10H2,1,3,5H3,(H,19,20);/q;+1/p-1. The van der Waals surface area contributed by atoms with E-state index in [2.05, 4.69) is 13.2 Å². The van der Waals surface area contributed by atoms with Crippen LogP contribution < -0.4 is 56.5 Å². The molecule has 0 aliphatic carbocycles. The van der Waals surface area contributed by atoms with Gasteiger partial charge in [-0.3, -0.25) is 0 Å². The number of carboxylic acids is 1. The molecule has 0 amide bonds. The summed E-state index contributed by atoms with van der Waals surface area (Å²) in [5.74, 6) is -2.40. The summed E-state index contributed by atoms with van der Waals surface area (Å²) in [5.41, 5.74) is -0.734. The molecule has 124 valence electrons. The van der Waals surface area contributed by atoms with Crippen molar-refractivity contribution in [3.63, 3.8) is 0 Å². The smallest absolute Gasteiger partial charge is 0.550 e. The van der Waals surface area contributed by atoms with Crippen molar-refractivity contribution >= 4 is 17.9 Å². The molecule has 0 aromatic carbocycles. The van der Waals surface area contributed by atoms with E-state index in [1.807, 2.05) is 0 Å². The average molecular weight is 350 g/mol. The molecule has 0 atom stereocenters. The molecule has 0 rings (SSSR count). The van der Waals surface area contributed by atoms with Crippen molar-refractivity contribution < 1.29 is 80.3 Å². The molecule has 0 aliphatic rings. The van der Waals surface area contributed by atoms with Crippen LogP contribution in [0.25, 0.3) is 0 Å². The third kappa shape index (κ3) is 8.81. The molecule has 0 fully saturated rings. The van der Waals surface area contributed by atoms with E-state index < -0.39 is 23.3 Å². The number of esters is 2. The van der Waals surface area contributed by atoms with E-state index in [-0.39, 0.29) is 95.0 Å². The molecular formula is C16H23KO6.